The number of aliphatic carboxylic acids is 1. The van der Waals surface area contributed by atoms with E-state index in [0.717, 1.165) is 25.3 Å². The zero-order valence-electron chi connectivity index (χ0n) is 6.30. The van der Waals surface area contributed by atoms with Crippen LogP contribution in [0.5, 0.6) is 0 Å². The molecule has 0 bridgehead atoms. The molecule has 0 aromatic heterocycles. The first kappa shape index (κ1) is 9.21. The van der Waals surface area contributed by atoms with Crippen LogP contribution in [0.15, 0.2) is 12.2 Å². The minimum atomic E-state index is -1.10. The summed E-state index contributed by atoms with van der Waals surface area (Å²) in [7, 11) is 0. The molecule has 58 valence electrons. The summed E-state index contributed by atoms with van der Waals surface area (Å²) < 4.78 is 0. The number of rotatable bonds is 5. The van der Waals surface area contributed by atoms with E-state index >= 15 is 0 Å². The maximum Gasteiger partial charge on any atom is 0.0639 e. The van der Waals surface area contributed by atoms with Crippen LogP contribution in [-0.2, 0) is 4.79 Å². The Bertz CT molecular complexity index is 116. The molecule has 0 amide bonds. The molecule has 0 aromatic carbocycles. The van der Waals surface area contributed by atoms with Gasteiger partial charge in [0.15, 0.2) is 0 Å². The Morgan fingerprint density at radius 2 is 2.20 bits per heavy atom. The van der Waals surface area contributed by atoms with Gasteiger partial charge in [0, 0.05) is 0 Å². The first-order valence-corrected chi connectivity index (χ1v) is 3.65. The van der Waals surface area contributed by atoms with Gasteiger partial charge in [0.2, 0.25) is 0 Å². The van der Waals surface area contributed by atoms with E-state index in [4.69, 9.17) is 0 Å². The number of unbranched alkanes of at least 4 members (excludes halogenated alkanes) is 3. The van der Waals surface area contributed by atoms with Crippen molar-refractivity contribution < 1.29 is 9.90 Å². The minimum Gasteiger partial charge on any atom is -0.545 e. The van der Waals surface area contributed by atoms with Crippen LogP contribution in [0.1, 0.15) is 32.6 Å². The van der Waals surface area contributed by atoms with Gasteiger partial charge < -0.3 is 9.90 Å². The van der Waals surface area contributed by atoms with Gasteiger partial charge in [-0.2, -0.15) is 0 Å². The summed E-state index contributed by atoms with van der Waals surface area (Å²) in [6, 6.07) is 0. The quantitative estimate of drug-likeness (QED) is 0.421. The van der Waals surface area contributed by atoms with Gasteiger partial charge in [-0.15, -0.1) is 0 Å². The average Bonchev–Trinajstić information content (AvgIpc) is 1.87. The number of hydrogen-bond donors (Lipinski definition) is 0. The van der Waals surface area contributed by atoms with Crippen molar-refractivity contribution in [2.24, 2.45) is 0 Å². The van der Waals surface area contributed by atoms with Crippen LogP contribution < -0.4 is 5.11 Å². The molecule has 2 nitrogen and oxygen atoms in total. The summed E-state index contributed by atoms with van der Waals surface area (Å²) in [5, 5.41) is 9.83. The molecule has 0 saturated carbocycles. The molecule has 0 atom stereocenters. The maximum absolute atomic E-state index is 9.83. The number of carboxylic acids is 1. The van der Waals surface area contributed by atoms with E-state index in [0.29, 0.717) is 0 Å². The van der Waals surface area contributed by atoms with Gasteiger partial charge in [0.25, 0.3) is 0 Å². The lowest BCUT2D eigenvalue weighted by atomic mass is 10.2. The van der Waals surface area contributed by atoms with E-state index in [2.05, 4.69) is 6.92 Å². The van der Waals surface area contributed by atoms with Crippen molar-refractivity contribution in [3.63, 3.8) is 0 Å². The van der Waals surface area contributed by atoms with E-state index in [1.165, 1.54) is 6.42 Å². The summed E-state index contributed by atoms with van der Waals surface area (Å²) in [6.45, 7) is 2.11. The van der Waals surface area contributed by atoms with Crippen molar-refractivity contribution in [3.05, 3.63) is 12.2 Å². The first-order chi connectivity index (χ1) is 4.77. The minimum absolute atomic E-state index is 0.849. The average molecular weight is 141 g/mol. The van der Waals surface area contributed by atoms with Crippen LogP contribution in [0.2, 0.25) is 0 Å². The molecular formula is C8H13O2-. The molecule has 10 heavy (non-hydrogen) atoms. The molecule has 2 heteroatoms. The molecule has 0 spiro atoms. The molecule has 0 unspecified atom stereocenters. The summed E-state index contributed by atoms with van der Waals surface area (Å²) >= 11 is 0. The largest absolute Gasteiger partial charge is 0.545 e. The third-order valence-corrected chi connectivity index (χ3v) is 1.23. The van der Waals surface area contributed by atoms with E-state index < -0.39 is 5.97 Å². The van der Waals surface area contributed by atoms with Crippen LogP contribution >= 0.6 is 0 Å². The fraction of sp³-hybridized carbons (Fsp3) is 0.625. The zero-order chi connectivity index (χ0) is 7.82. The predicted octanol–water partition coefficient (Wildman–Crippen LogP) is 0.873. The first-order valence-electron chi connectivity index (χ1n) is 3.65. The van der Waals surface area contributed by atoms with Crippen LogP contribution in [0, 0.1) is 0 Å². The predicted molar refractivity (Wildman–Crippen MR) is 38.3 cm³/mol. The number of hydrogen-bond acceptors (Lipinski definition) is 2. The van der Waals surface area contributed by atoms with Gasteiger partial charge in [-0.1, -0.05) is 25.8 Å². The van der Waals surface area contributed by atoms with E-state index in [1.54, 1.807) is 6.08 Å². The Balaban J connectivity index is 3.10. The van der Waals surface area contributed by atoms with E-state index in [-0.39, 0.29) is 0 Å². The number of carbonyl (C=O) groups is 1. The topological polar surface area (TPSA) is 40.1 Å². The Labute approximate surface area is 61.6 Å². The van der Waals surface area contributed by atoms with E-state index in [9.17, 15) is 9.90 Å². The molecule has 0 aliphatic rings. The zero-order valence-corrected chi connectivity index (χ0v) is 6.30. The maximum atomic E-state index is 9.83. The van der Waals surface area contributed by atoms with Crippen molar-refractivity contribution >= 4 is 5.97 Å². The Morgan fingerprint density at radius 3 is 2.70 bits per heavy atom. The highest BCUT2D eigenvalue weighted by Crippen LogP contribution is 1.98. The van der Waals surface area contributed by atoms with Gasteiger partial charge in [-0.05, 0) is 18.9 Å². The van der Waals surface area contributed by atoms with Crippen molar-refractivity contribution in [2.75, 3.05) is 0 Å². The number of allylic oxidation sites excluding steroid dienone is 1. The Kier molecular flexibility index (Phi) is 5.83. The summed E-state index contributed by atoms with van der Waals surface area (Å²) in [5.74, 6) is -1.10. The highest BCUT2D eigenvalue weighted by molar-refractivity contribution is 5.77. The molecule has 0 saturated heterocycles. The second-order valence-electron chi connectivity index (χ2n) is 2.22. The van der Waals surface area contributed by atoms with Crippen LogP contribution in [0.4, 0.5) is 0 Å². The second kappa shape index (κ2) is 6.33. The van der Waals surface area contributed by atoms with E-state index in [1.807, 2.05) is 0 Å². The van der Waals surface area contributed by atoms with Crippen molar-refractivity contribution in [1.29, 1.82) is 0 Å². The normalized spacial score (nSPS) is 10.5. The molecule has 0 radical (unpaired) electrons. The van der Waals surface area contributed by atoms with Crippen LogP contribution in [0.3, 0.4) is 0 Å². The number of carboxylic acid groups (broad SMARTS) is 1. The van der Waals surface area contributed by atoms with Gasteiger partial charge in [-0.3, -0.25) is 0 Å². The molecule has 0 aliphatic heterocycles. The molecular weight excluding hydrogens is 128 g/mol. The second-order valence-corrected chi connectivity index (χ2v) is 2.22. The highest BCUT2D eigenvalue weighted by Gasteiger charge is 1.80. The molecule has 0 rings (SSSR count). The van der Waals surface area contributed by atoms with Crippen LogP contribution in [-0.4, -0.2) is 5.97 Å². The molecule has 0 fully saturated rings. The highest BCUT2D eigenvalue weighted by atomic mass is 16.4. The van der Waals surface area contributed by atoms with Crippen molar-refractivity contribution in [3.8, 4) is 0 Å². The fourth-order valence-electron chi connectivity index (χ4n) is 0.692. The number of carbonyl (C=O) groups excluding carboxylic acids is 1. The smallest absolute Gasteiger partial charge is 0.0639 e. The van der Waals surface area contributed by atoms with Gasteiger partial charge >= 0.3 is 0 Å². The summed E-state index contributed by atoms with van der Waals surface area (Å²) in [5.41, 5.74) is 0. The van der Waals surface area contributed by atoms with Gasteiger partial charge in [0.05, 0.1) is 5.97 Å². The fourth-order valence-corrected chi connectivity index (χ4v) is 0.692. The Hall–Kier alpha value is -0.790. The van der Waals surface area contributed by atoms with Crippen molar-refractivity contribution in [1.82, 2.24) is 0 Å². The monoisotopic (exact) mass is 141 g/mol. The Morgan fingerprint density at radius 1 is 1.50 bits per heavy atom. The summed E-state index contributed by atoms with van der Waals surface area (Å²) in [4.78, 5) is 9.83. The molecule has 0 heterocycles. The molecule has 0 aliphatic carbocycles. The summed E-state index contributed by atoms with van der Waals surface area (Å²) in [6.07, 6.45) is 6.99. The standard InChI is InChI=1S/C8H14O2/c1-2-3-4-5-6-7-8(9)10/h6-7H,2-5H2,1H3,(H,9,10)/p-1. The lowest BCUT2D eigenvalue weighted by Crippen LogP contribution is -2.18. The third-order valence-electron chi connectivity index (χ3n) is 1.23. The van der Waals surface area contributed by atoms with Crippen molar-refractivity contribution in [2.45, 2.75) is 32.6 Å². The lowest BCUT2D eigenvalue weighted by molar-refractivity contribution is -0.297. The SMILES string of the molecule is CCCCCC=CC(=O)[O-]. The van der Waals surface area contributed by atoms with Gasteiger partial charge in [-0.25, -0.2) is 0 Å². The van der Waals surface area contributed by atoms with Crippen LogP contribution in [0.25, 0.3) is 0 Å². The van der Waals surface area contributed by atoms with Gasteiger partial charge in [0.1, 0.15) is 0 Å². The molecule has 0 N–H and O–H groups in total. The third kappa shape index (κ3) is 7.21. The molecule has 0 aromatic rings. The lowest BCUT2D eigenvalue weighted by Gasteiger charge is -1.92.